The summed E-state index contributed by atoms with van der Waals surface area (Å²) in [6, 6.07) is 6.22. The van der Waals surface area contributed by atoms with Gasteiger partial charge in [-0.3, -0.25) is 4.79 Å². The largest absolute Gasteiger partial charge is 0.494 e. The summed E-state index contributed by atoms with van der Waals surface area (Å²) >= 11 is 0. The highest BCUT2D eigenvalue weighted by molar-refractivity contribution is 5.84. The average molecular weight is 373 g/mol. The van der Waals surface area contributed by atoms with Crippen molar-refractivity contribution in [2.45, 2.75) is 78.1 Å². The standard InChI is InChI=1S/C23H36N2O2/c1-3-4-5-6-7-8-9-10-11-16-27-21-12-13-23-22(17-21)20(18-25-23)14-15-24-19(2)26/h12-13,17-18,25H,3-11,14-16H2,1-2H3,(H,24,26). The maximum Gasteiger partial charge on any atom is 0.216 e. The fraction of sp³-hybridized carbons (Fsp3) is 0.609. The molecule has 2 rings (SSSR count). The van der Waals surface area contributed by atoms with E-state index in [1.807, 2.05) is 12.3 Å². The molecule has 0 atom stereocenters. The predicted molar refractivity (Wildman–Crippen MR) is 113 cm³/mol. The number of nitrogens with one attached hydrogen (secondary N) is 2. The minimum Gasteiger partial charge on any atom is -0.494 e. The molecule has 1 aromatic carbocycles. The number of hydrogen-bond donors (Lipinski definition) is 2. The first kappa shape index (κ1) is 21.3. The van der Waals surface area contributed by atoms with Gasteiger partial charge >= 0.3 is 0 Å². The summed E-state index contributed by atoms with van der Waals surface area (Å²) in [6.07, 6.45) is 14.8. The lowest BCUT2D eigenvalue weighted by molar-refractivity contribution is -0.118. The Morgan fingerprint density at radius 2 is 1.74 bits per heavy atom. The smallest absolute Gasteiger partial charge is 0.216 e. The summed E-state index contributed by atoms with van der Waals surface area (Å²) in [5, 5.41) is 4.04. The van der Waals surface area contributed by atoms with Gasteiger partial charge in [0.2, 0.25) is 5.91 Å². The van der Waals surface area contributed by atoms with Crippen molar-refractivity contribution in [3.05, 3.63) is 30.0 Å². The molecule has 27 heavy (non-hydrogen) atoms. The number of amides is 1. The highest BCUT2D eigenvalue weighted by Crippen LogP contribution is 2.24. The maximum atomic E-state index is 11.0. The normalized spacial score (nSPS) is 11.0. The van der Waals surface area contributed by atoms with Gasteiger partial charge in [0, 0.05) is 30.6 Å². The molecule has 0 saturated carbocycles. The van der Waals surface area contributed by atoms with Gasteiger partial charge in [0.25, 0.3) is 0 Å². The van der Waals surface area contributed by atoms with Crippen LogP contribution in [-0.4, -0.2) is 24.0 Å². The molecule has 0 bridgehead atoms. The molecule has 1 amide bonds. The van der Waals surface area contributed by atoms with Crippen LogP contribution in [0.3, 0.4) is 0 Å². The zero-order valence-electron chi connectivity index (χ0n) is 17.1. The van der Waals surface area contributed by atoms with Crippen molar-refractivity contribution >= 4 is 16.8 Å². The Morgan fingerprint density at radius 3 is 2.44 bits per heavy atom. The van der Waals surface area contributed by atoms with E-state index in [-0.39, 0.29) is 5.91 Å². The van der Waals surface area contributed by atoms with E-state index in [9.17, 15) is 4.79 Å². The van der Waals surface area contributed by atoms with Gasteiger partial charge in [0.1, 0.15) is 5.75 Å². The Kier molecular flexibility index (Phi) is 9.81. The van der Waals surface area contributed by atoms with E-state index >= 15 is 0 Å². The van der Waals surface area contributed by atoms with Crippen molar-refractivity contribution in [3.8, 4) is 5.75 Å². The number of carbonyl (C=O) groups is 1. The second kappa shape index (κ2) is 12.4. The van der Waals surface area contributed by atoms with Crippen molar-refractivity contribution in [2.24, 2.45) is 0 Å². The maximum absolute atomic E-state index is 11.0. The zero-order valence-corrected chi connectivity index (χ0v) is 17.1. The van der Waals surface area contributed by atoms with Gasteiger partial charge in [0.15, 0.2) is 0 Å². The second-order valence-electron chi connectivity index (χ2n) is 7.43. The number of rotatable bonds is 14. The summed E-state index contributed by atoms with van der Waals surface area (Å²) in [5.74, 6) is 0.947. The Hall–Kier alpha value is -1.97. The Balaban J connectivity index is 1.67. The van der Waals surface area contributed by atoms with Crippen LogP contribution in [-0.2, 0) is 11.2 Å². The number of benzene rings is 1. The quantitative estimate of drug-likeness (QED) is 0.414. The Labute approximate surface area is 164 Å². The van der Waals surface area contributed by atoms with Gasteiger partial charge < -0.3 is 15.0 Å². The molecule has 0 aliphatic carbocycles. The van der Waals surface area contributed by atoms with Gasteiger partial charge in [-0.25, -0.2) is 0 Å². The van der Waals surface area contributed by atoms with Crippen molar-refractivity contribution < 1.29 is 9.53 Å². The average Bonchev–Trinajstić information content (AvgIpc) is 3.05. The van der Waals surface area contributed by atoms with Gasteiger partial charge in [-0.1, -0.05) is 58.3 Å². The van der Waals surface area contributed by atoms with Crippen molar-refractivity contribution in [3.63, 3.8) is 0 Å². The summed E-state index contributed by atoms with van der Waals surface area (Å²) in [5.41, 5.74) is 2.33. The number of aromatic amines is 1. The van der Waals surface area contributed by atoms with E-state index in [0.29, 0.717) is 6.54 Å². The summed E-state index contributed by atoms with van der Waals surface area (Å²) in [6.45, 7) is 5.26. The van der Waals surface area contributed by atoms with Crippen LogP contribution in [0.1, 0.15) is 77.2 Å². The van der Waals surface area contributed by atoms with E-state index in [1.54, 1.807) is 6.92 Å². The Morgan fingerprint density at radius 1 is 1.04 bits per heavy atom. The molecule has 0 saturated heterocycles. The molecule has 1 heterocycles. The molecule has 1 aromatic heterocycles. The minimum absolute atomic E-state index is 0.0137. The fourth-order valence-corrected chi connectivity index (χ4v) is 3.43. The van der Waals surface area contributed by atoms with Crippen LogP contribution >= 0.6 is 0 Å². The molecule has 0 unspecified atom stereocenters. The van der Waals surface area contributed by atoms with E-state index < -0.39 is 0 Å². The molecule has 4 heteroatoms. The van der Waals surface area contributed by atoms with Crippen LogP contribution in [0.5, 0.6) is 5.75 Å². The molecule has 2 aromatic rings. The summed E-state index contributed by atoms with van der Waals surface area (Å²) in [7, 11) is 0. The topological polar surface area (TPSA) is 54.1 Å². The molecule has 0 aliphatic rings. The van der Waals surface area contributed by atoms with Crippen LogP contribution in [0.4, 0.5) is 0 Å². The first-order valence-corrected chi connectivity index (χ1v) is 10.7. The van der Waals surface area contributed by atoms with Crippen molar-refractivity contribution in [1.82, 2.24) is 10.3 Å². The molecule has 4 nitrogen and oxygen atoms in total. The fourth-order valence-electron chi connectivity index (χ4n) is 3.43. The number of hydrogen-bond acceptors (Lipinski definition) is 2. The second-order valence-corrected chi connectivity index (χ2v) is 7.43. The minimum atomic E-state index is 0.0137. The molecule has 2 N–H and O–H groups in total. The molecule has 0 spiro atoms. The highest BCUT2D eigenvalue weighted by atomic mass is 16.5. The van der Waals surface area contributed by atoms with Gasteiger partial charge in [-0.15, -0.1) is 0 Å². The lowest BCUT2D eigenvalue weighted by atomic mass is 10.1. The van der Waals surface area contributed by atoms with Crippen LogP contribution < -0.4 is 10.1 Å². The molecule has 0 radical (unpaired) electrons. The highest BCUT2D eigenvalue weighted by Gasteiger charge is 2.06. The third kappa shape index (κ3) is 8.06. The first-order chi connectivity index (χ1) is 13.2. The van der Waals surface area contributed by atoms with Gasteiger partial charge in [0.05, 0.1) is 6.61 Å². The Bertz CT molecular complexity index is 678. The number of fused-ring (bicyclic) bond motifs is 1. The van der Waals surface area contributed by atoms with Crippen LogP contribution in [0.15, 0.2) is 24.4 Å². The van der Waals surface area contributed by atoms with E-state index in [2.05, 4.69) is 29.4 Å². The van der Waals surface area contributed by atoms with Gasteiger partial charge in [-0.2, -0.15) is 0 Å². The molecular formula is C23H36N2O2. The van der Waals surface area contributed by atoms with Gasteiger partial charge in [-0.05, 0) is 36.6 Å². The lowest BCUT2D eigenvalue weighted by Gasteiger charge is -2.07. The van der Waals surface area contributed by atoms with Crippen molar-refractivity contribution in [2.75, 3.05) is 13.2 Å². The van der Waals surface area contributed by atoms with Crippen LogP contribution in [0.25, 0.3) is 10.9 Å². The summed E-state index contributed by atoms with van der Waals surface area (Å²) in [4.78, 5) is 14.3. The third-order valence-electron chi connectivity index (χ3n) is 5.02. The third-order valence-corrected chi connectivity index (χ3v) is 5.02. The van der Waals surface area contributed by atoms with E-state index in [4.69, 9.17) is 4.74 Å². The SMILES string of the molecule is CCCCCCCCCCCOc1ccc2[nH]cc(CCNC(C)=O)c2c1. The van der Waals surface area contributed by atoms with E-state index in [0.717, 1.165) is 30.7 Å². The zero-order chi connectivity index (χ0) is 19.3. The first-order valence-electron chi connectivity index (χ1n) is 10.7. The molecule has 150 valence electrons. The number of H-pyrrole nitrogens is 1. The molecule has 0 aliphatic heterocycles. The number of unbranched alkanes of at least 4 members (excludes halogenated alkanes) is 8. The van der Waals surface area contributed by atoms with Crippen LogP contribution in [0.2, 0.25) is 0 Å². The number of carbonyl (C=O) groups excluding carboxylic acids is 1. The number of ether oxygens (including phenoxy) is 1. The monoisotopic (exact) mass is 372 g/mol. The van der Waals surface area contributed by atoms with Crippen LogP contribution in [0, 0.1) is 0 Å². The molecule has 0 fully saturated rings. The predicted octanol–water partition coefficient (Wildman–Crippen LogP) is 5.76. The van der Waals surface area contributed by atoms with Crippen molar-refractivity contribution in [1.29, 1.82) is 0 Å². The number of aromatic nitrogens is 1. The molecular weight excluding hydrogens is 336 g/mol. The lowest BCUT2D eigenvalue weighted by Crippen LogP contribution is -2.22. The summed E-state index contributed by atoms with van der Waals surface area (Å²) < 4.78 is 5.96. The van der Waals surface area contributed by atoms with E-state index in [1.165, 1.54) is 62.3 Å².